The van der Waals surface area contributed by atoms with Gasteiger partial charge in [0.1, 0.15) is 0 Å². The van der Waals surface area contributed by atoms with Gasteiger partial charge in [0.15, 0.2) is 0 Å². The summed E-state index contributed by atoms with van der Waals surface area (Å²) < 4.78 is 1.23. The fourth-order valence-corrected chi connectivity index (χ4v) is 1.59. The van der Waals surface area contributed by atoms with Crippen LogP contribution in [0.2, 0.25) is 0 Å². The van der Waals surface area contributed by atoms with Crippen LogP contribution in [-0.4, -0.2) is 22.4 Å². The van der Waals surface area contributed by atoms with Crippen LogP contribution >= 0.6 is 11.9 Å². The third kappa shape index (κ3) is 1.03. The highest BCUT2D eigenvalue weighted by Gasteiger charge is 2.35. The molecule has 3 nitrogen and oxygen atoms in total. The lowest BCUT2D eigenvalue weighted by molar-refractivity contribution is -0.132. The lowest BCUT2D eigenvalue weighted by Gasteiger charge is -2.07. The van der Waals surface area contributed by atoms with Crippen molar-refractivity contribution < 1.29 is 9.59 Å². The van der Waals surface area contributed by atoms with Gasteiger partial charge in [0, 0.05) is 18.6 Å². The average Bonchev–Trinajstić information content (AvgIpc) is 2.09. The Balaban J connectivity index is 2.74. The smallest absolute Gasteiger partial charge is 0.242 e. The van der Waals surface area contributed by atoms with Crippen LogP contribution in [0.1, 0.15) is 13.3 Å². The minimum absolute atomic E-state index is 0.0579. The van der Waals surface area contributed by atoms with E-state index < -0.39 is 0 Å². The Morgan fingerprint density at radius 1 is 1.60 bits per heavy atom. The van der Waals surface area contributed by atoms with E-state index >= 15 is 0 Å². The van der Waals surface area contributed by atoms with Gasteiger partial charge >= 0.3 is 0 Å². The third-order valence-corrected chi connectivity index (χ3v) is 2.26. The second-order valence-electron chi connectivity index (χ2n) is 2.31. The number of hydrogen-bond donors (Lipinski definition) is 0. The Bertz CT molecular complexity index is 181. The van der Waals surface area contributed by atoms with E-state index in [0.29, 0.717) is 6.42 Å². The molecule has 0 aliphatic carbocycles. The topological polar surface area (TPSA) is 37.4 Å². The van der Waals surface area contributed by atoms with Crippen LogP contribution in [0.3, 0.4) is 0 Å². The molecule has 1 aliphatic heterocycles. The molecule has 0 N–H and O–H groups in total. The quantitative estimate of drug-likeness (QED) is 0.416. The Hall–Kier alpha value is -0.510. The van der Waals surface area contributed by atoms with Crippen molar-refractivity contribution in [1.82, 2.24) is 4.31 Å². The van der Waals surface area contributed by atoms with Gasteiger partial charge in [-0.25, -0.2) is 4.31 Å². The molecule has 1 heterocycles. The van der Waals surface area contributed by atoms with Crippen molar-refractivity contribution in [2.75, 3.05) is 6.26 Å². The molecule has 0 radical (unpaired) electrons. The molecule has 1 fully saturated rings. The van der Waals surface area contributed by atoms with E-state index in [-0.39, 0.29) is 17.7 Å². The molecular weight excluding hydrogens is 150 g/mol. The van der Waals surface area contributed by atoms with Gasteiger partial charge in [0.2, 0.25) is 11.8 Å². The summed E-state index contributed by atoms with van der Waals surface area (Å²) in [6.07, 6.45) is 2.10. The van der Waals surface area contributed by atoms with Gasteiger partial charge in [-0.05, 0) is 11.9 Å². The molecule has 1 atom stereocenters. The first-order valence-electron chi connectivity index (χ1n) is 3.07. The fourth-order valence-electron chi connectivity index (χ4n) is 0.947. The van der Waals surface area contributed by atoms with Gasteiger partial charge < -0.3 is 0 Å². The lowest BCUT2D eigenvalue weighted by Crippen LogP contribution is -2.22. The highest BCUT2D eigenvalue weighted by molar-refractivity contribution is 7.97. The Labute approximate surface area is 63.9 Å². The van der Waals surface area contributed by atoms with Crippen LogP contribution in [0, 0.1) is 5.92 Å². The molecule has 2 amide bonds. The normalized spacial score (nSPS) is 26.2. The van der Waals surface area contributed by atoms with Crippen LogP contribution in [0.5, 0.6) is 0 Å². The summed E-state index contributed by atoms with van der Waals surface area (Å²) in [6, 6.07) is 0. The van der Waals surface area contributed by atoms with Crippen LogP contribution in [-0.2, 0) is 9.59 Å². The highest BCUT2D eigenvalue weighted by Crippen LogP contribution is 2.23. The van der Waals surface area contributed by atoms with E-state index in [1.54, 1.807) is 13.2 Å². The predicted octanol–water partition coefficient (Wildman–Crippen LogP) is 0.659. The van der Waals surface area contributed by atoms with E-state index in [1.807, 2.05) is 0 Å². The first kappa shape index (κ1) is 7.60. The Morgan fingerprint density at radius 3 is 2.40 bits per heavy atom. The zero-order valence-electron chi connectivity index (χ0n) is 5.96. The second-order valence-corrected chi connectivity index (χ2v) is 3.04. The van der Waals surface area contributed by atoms with Gasteiger partial charge in [-0.15, -0.1) is 0 Å². The number of carbonyl (C=O) groups excluding carboxylic acids is 2. The van der Waals surface area contributed by atoms with Crippen molar-refractivity contribution in [3.63, 3.8) is 0 Å². The van der Waals surface area contributed by atoms with Crippen molar-refractivity contribution in [3.05, 3.63) is 0 Å². The minimum atomic E-state index is -0.111. The second kappa shape index (κ2) is 2.62. The zero-order chi connectivity index (χ0) is 7.72. The average molecular weight is 159 g/mol. The number of nitrogens with zero attached hydrogens (tertiary/aromatic N) is 1. The third-order valence-electron chi connectivity index (χ3n) is 1.51. The van der Waals surface area contributed by atoms with Gasteiger partial charge in [0.25, 0.3) is 0 Å². The van der Waals surface area contributed by atoms with Crippen molar-refractivity contribution >= 4 is 23.8 Å². The van der Waals surface area contributed by atoms with Crippen molar-refractivity contribution in [2.24, 2.45) is 5.92 Å². The van der Waals surface area contributed by atoms with Crippen molar-refractivity contribution in [1.29, 1.82) is 0 Å². The SMILES string of the molecule is CSN1C(=O)CC(C)C1=O. The van der Waals surface area contributed by atoms with Gasteiger partial charge in [0.05, 0.1) is 0 Å². The molecule has 0 spiro atoms. The van der Waals surface area contributed by atoms with Crippen LogP contribution in [0.25, 0.3) is 0 Å². The largest absolute Gasteiger partial charge is 0.273 e. The molecule has 0 saturated carbocycles. The maximum absolute atomic E-state index is 11.0. The molecule has 0 aromatic carbocycles. The summed E-state index contributed by atoms with van der Waals surface area (Å²) >= 11 is 1.19. The molecule has 10 heavy (non-hydrogen) atoms. The van der Waals surface area contributed by atoms with Crippen LogP contribution < -0.4 is 0 Å². The summed E-state index contributed by atoms with van der Waals surface area (Å²) in [5.41, 5.74) is 0. The molecule has 1 rings (SSSR count). The predicted molar refractivity (Wildman–Crippen MR) is 39.1 cm³/mol. The monoisotopic (exact) mass is 159 g/mol. The van der Waals surface area contributed by atoms with Crippen LogP contribution in [0.15, 0.2) is 0 Å². The maximum atomic E-state index is 11.0. The Morgan fingerprint density at radius 2 is 2.20 bits per heavy atom. The molecule has 0 aromatic heterocycles. The van der Waals surface area contributed by atoms with E-state index in [1.165, 1.54) is 16.3 Å². The standard InChI is InChI=1S/C6H9NO2S/c1-4-3-5(8)7(10-2)6(4)9/h4H,3H2,1-2H3. The number of carbonyl (C=O) groups is 2. The molecule has 1 saturated heterocycles. The molecular formula is C6H9NO2S. The summed E-state index contributed by atoms with van der Waals surface area (Å²) in [5.74, 6) is -0.234. The van der Waals surface area contributed by atoms with Crippen molar-refractivity contribution in [2.45, 2.75) is 13.3 Å². The fraction of sp³-hybridized carbons (Fsp3) is 0.667. The van der Waals surface area contributed by atoms with Gasteiger partial charge in [-0.2, -0.15) is 0 Å². The van der Waals surface area contributed by atoms with Gasteiger partial charge in [-0.1, -0.05) is 6.92 Å². The number of hydrogen-bond acceptors (Lipinski definition) is 3. The number of amides is 2. The summed E-state index contributed by atoms with van der Waals surface area (Å²) in [4.78, 5) is 21.9. The van der Waals surface area contributed by atoms with E-state index in [9.17, 15) is 9.59 Å². The van der Waals surface area contributed by atoms with E-state index in [2.05, 4.69) is 0 Å². The summed E-state index contributed by atoms with van der Waals surface area (Å²) in [7, 11) is 0. The van der Waals surface area contributed by atoms with Crippen LogP contribution in [0.4, 0.5) is 0 Å². The molecule has 0 aromatic rings. The highest BCUT2D eigenvalue weighted by atomic mass is 32.2. The summed E-state index contributed by atoms with van der Waals surface area (Å²) in [5, 5.41) is 0. The maximum Gasteiger partial charge on any atom is 0.242 e. The first-order valence-corrected chi connectivity index (χ1v) is 4.26. The molecule has 0 bridgehead atoms. The lowest BCUT2D eigenvalue weighted by atomic mass is 10.1. The zero-order valence-corrected chi connectivity index (χ0v) is 6.77. The molecule has 1 unspecified atom stereocenters. The molecule has 4 heteroatoms. The molecule has 56 valence electrons. The molecule has 1 aliphatic rings. The summed E-state index contributed by atoms with van der Waals surface area (Å²) in [6.45, 7) is 1.77. The Kier molecular flexibility index (Phi) is 1.99. The first-order chi connectivity index (χ1) is 4.66. The minimum Gasteiger partial charge on any atom is -0.273 e. The number of rotatable bonds is 1. The van der Waals surface area contributed by atoms with E-state index in [0.717, 1.165) is 0 Å². The van der Waals surface area contributed by atoms with Crippen molar-refractivity contribution in [3.8, 4) is 0 Å². The van der Waals surface area contributed by atoms with Gasteiger partial charge in [-0.3, -0.25) is 9.59 Å². The number of imide groups is 1. The van der Waals surface area contributed by atoms with E-state index in [4.69, 9.17) is 0 Å².